The fourth-order valence-corrected chi connectivity index (χ4v) is 2.49. The Balaban J connectivity index is 1.61. The molecule has 0 spiro atoms. The van der Waals surface area contributed by atoms with Gasteiger partial charge in [0.25, 0.3) is 0 Å². The van der Waals surface area contributed by atoms with Crippen molar-refractivity contribution in [3.05, 3.63) is 24.0 Å². The summed E-state index contributed by atoms with van der Waals surface area (Å²) in [5.41, 5.74) is 1.49. The van der Waals surface area contributed by atoms with Gasteiger partial charge in [0.15, 0.2) is 0 Å². The third-order valence-corrected chi connectivity index (χ3v) is 3.53. The average Bonchev–Trinajstić information content (AvgIpc) is 3.11. The molecule has 0 bridgehead atoms. The SMILES string of the molecule is N#Cc1cc(NC2CCN(C3CC3)C2)ccn1. The molecule has 1 aromatic heterocycles. The maximum atomic E-state index is 8.80. The lowest BCUT2D eigenvalue weighted by Crippen LogP contribution is -2.27. The summed E-state index contributed by atoms with van der Waals surface area (Å²) in [6, 6.07) is 7.19. The monoisotopic (exact) mass is 228 g/mol. The number of anilines is 1. The Morgan fingerprint density at radius 3 is 3.06 bits per heavy atom. The van der Waals surface area contributed by atoms with Crippen LogP contribution in [-0.2, 0) is 0 Å². The van der Waals surface area contributed by atoms with E-state index in [2.05, 4.69) is 21.3 Å². The van der Waals surface area contributed by atoms with Crippen molar-refractivity contribution < 1.29 is 0 Å². The second-order valence-electron chi connectivity index (χ2n) is 4.90. The van der Waals surface area contributed by atoms with Crippen LogP contribution in [0.5, 0.6) is 0 Å². The van der Waals surface area contributed by atoms with E-state index in [0.29, 0.717) is 11.7 Å². The molecule has 1 atom stereocenters. The molecule has 4 nitrogen and oxygen atoms in total. The van der Waals surface area contributed by atoms with Gasteiger partial charge in [-0.2, -0.15) is 5.26 Å². The second-order valence-corrected chi connectivity index (χ2v) is 4.90. The van der Waals surface area contributed by atoms with Crippen LogP contribution in [0.25, 0.3) is 0 Å². The predicted molar refractivity (Wildman–Crippen MR) is 65.6 cm³/mol. The molecule has 0 aromatic carbocycles. The molecule has 1 N–H and O–H groups in total. The number of hydrogen-bond acceptors (Lipinski definition) is 4. The van der Waals surface area contributed by atoms with Crippen LogP contribution in [0.2, 0.25) is 0 Å². The zero-order chi connectivity index (χ0) is 11.7. The van der Waals surface area contributed by atoms with Gasteiger partial charge in [0, 0.05) is 37.1 Å². The Morgan fingerprint density at radius 2 is 2.29 bits per heavy atom. The fourth-order valence-electron chi connectivity index (χ4n) is 2.49. The van der Waals surface area contributed by atoms with Crippen LogP contribution in [-0.4, -0.2) is 35.1 Å². The van der Waals surface area contributed by atoms with E-state index in [9.17, 15) is 0 Å². The molecule has 1 aromatic rings. The zero-order valence-corrected chi connectivity index (χ0v) is 9.76. The van der Waals surface area contributed by atoms with Crippen molar-refractivity contribution in [3.8, 4) is 6.07 Å². The van der Waals surface area contributed by atoms with Gasteiger partial charge in [-0.25, -0.2) is 4.98 Å². The molecule has 1 saturated heterocycles. The van der Waals surface area contributed by atoms with Gasteiger partial charge in [-0.05, 0) is 31.4 Å². The van der Waals surface area contributed by atoms with Gasteiger partial charge in [-0.1, -0.05) is 0 Å². The van der Waals surface area contributed by atoms with Gasteiger partial charge in [0.2, 0.25) is 0 Å². The third kappa shape index (κ3) is 2.40. The number of hydrogen-bond donors (Lipinski definition) is 1. The molecule has 1 unspecified atom stereocenters. The molecular formula is C13H16N4. The molecule has 0 amide bonds. The van der Waals surface area contributed by atoms with Crippen molar-refractivity contribution in [3.63, 3.8) is 0 Å². The molecule has 1 saturated carbocycles. The minimum absolute atomic E-state index is 0.479. The first-order valence-corrected chi connectivity index (χ1v) is 6.22. The van der Waals surface area contributed by atoms with Crippen LogP contribution < -0.4 is 5.32 Å². The third-order valence-electron chi connectivity index (χ3n) is 3.53. The number of nitrogens with one attached hydrogen (secondary N) is 1. The summed E-state index contributed by atoms with van der Waals surface area (Å²) in [5.74, 6) is 0. The zero-order valence-electron chi connectivity index (χ0n) is 9.76. The summed E-state index contributed by atoms with van der Waals surface area (Å²) < 4.78 is 0. The summed E-state index contributed by atoms with van der Waals surface area (Å²) in [6.45, 7) is 2.34. The molecule has 2 aliphatic rings. The lowest BCUT2D eigenvalue weighted by Gasteiger charge is -2.16. The summed E-state index contributed by atoms with van der Waals surface area (Å²) in [5, 5.41) is 12.3. The van der Waals surface area contributed by atoms with E-state index in [4.69, 9.17) is 5.26 Å². The highest BCUT2D eigenvalue weighted by Gasteiger charge is 2.34. The summed E-state index contributed by atoms with van der Waals surface area (Å²) >= 11 is 0. The van der Waals surface area contributed by atoms with E-state index >= 15 is 0 Å². The average molecular weight is 228 g/mol. The quantitative estimate of drug-likeness (QED) is 0.853. The molecule has 2 fully saturated rings. The van der Waals surface area contributed by atoms with Crippen LogP contribution in [0.1, 0.15) is 25.0 Å². The minimum Gasteiger partial charge on any atom is -0.381 e. The Labute approximate surface area is 101 Å². The molecule has 4 heteroatoms. The molecule has 1 aliphatic carbocycles. The van der Waals surface area contributed by atoms with Crippen LogP contribution in [0.15, 0.2) is 18.3 Å². The minimum atomic E-state index is 0.479. The van der Waals surface area contributed by atoms with Crippen LogP contribution in [0.4, 0.5) is 5.69 Å². The largest absolute Gasteiger partial charge is 0.381 e. The Hall–Kier alpha value is -1.60. The first-order chi connectivity index (χ1) is 8.35. The molecule has 17 heavy (non-hydrogen) atoms. The normalized spacial score (nSPS) is 24.5. The van der Waals surface area contributed by atoms with E-state index in [0.717, 1.165) is 18.3 Å². The van der Waals surface area contributed by atoms with Crippen molar-refractivity contribution in [1.29, 1.82) is 5.26 Å². The van der Waals surface area contributed by atoms with E-state index in [-0.39, 0.29) is 0 Å². The number of nitriles is 1. The summed E-state index contributed by atoms with van der Waals surface area (Å²) in [4.78, 5) is 6.55. The number of aromatic nitrogens is 1. The van der Waals surface area contributed by atoms with Crippen molar-refractivity contribution in [2.75, 3.05) is 18.4 Å². The molecular weight excluding hydrogens is 212 g/mol. The summed E-state index contributed by atoms with van der Waals surface area (Å²) in [6.07, 6.45) is 5.64. The van der Waals surface area contributed by atoms with Crippen molar-refractivity contribution in [1.82, 2.24) is 9.88 Å². The highest BCUT2D eigenvalue weighted by atomic mass is 15.2. The van der Waals surface area contributed by atoms with Crippen LogP contribution in [0, 0.1) is 11.3 Å². The van der Waals surface area contributed by atoms with Gasteiger partial charge in [-0.3, -0.25) is 4.90 Å². The van der Waals surface area contributed by atoms with E-state index < -0.39 is 0 Å². The summed E-state index contributed by atoms with van der Waals surface area (Å²) in [7, 11) is 0. The number of likely N-dealkylation sites (tertiary alicyclic amines) is 1. The van der Waals surface area contributed by atoms with Gasteiger partial charge in [0.05, 0.1) is 0 Å². The molecule has 2 heterocycles. The van der Waals surface area contributed by atoms with Crippen LogP contribution >= 0.6 is 0 Å². The molecule has 0 radical (unpaired) electrons. The van der Waals surface area contributed by atoms with Gasteiger partial charge in [-0.15, -0.1) is 0 Å². The second kappa shape index (κ2) is 4.34. The Kier molecular flexibility index (Phi) is 2.69. The highest BCUT2D eigenvalue weighted by Crippen LogP contribution is 2.30. The maximum absolute atomic E-state index is 8.80. The number of pyridine rings is 1. The molecule has 1 aliphatic heterocycles. The maximum Gasteiger partial charge on any atom is 0.142 e. The van der Waals surface area contributed by atoms with Gasteiger partial charge < -0.3 is 5.32 Å². The molecule has 3 rings (SSSR count). The predicted octanol–water partition coefficient (Wildman–Crippen LogP) is 1.60. The van der Waals surface area contributed by atoms with Crippen molar-refractivity contribution >= 4 is 5.69 Å². The molecule has 88 valence electrons. The Bertz CT molecular complexity index is 447. The lowest BCUT2D eigenvalue weighted by atomic mass is 10.2. The highest BCUT2D eigenvalue weighted by molar-refractivity contribution is 5.46. The van der Waals surface area contributed by atoms with Crippen LogP contribution in [0.3, 0.4) is 0 Å². The first-order valence-electron chi connectivity index (χ1n) is 6.22. The standard InChI is InChI=1S/C13H16N4/c14-8-12-7-10(3-5-15-12)16-11-4-6-17(9-11)13-1-2-13/h3,5,7,11,13H,1-2,4,6,9H2,(H,15,16). The first kappa shape index (κ1) is 10.5. The van der Waals surface area contributed by atoms with E-state index in [1.807, 2.05) is 12.1 Å². The fraction of sp³-hybridized carbons (Fsp3) is 0.538. The van der Waals surface area contributed by atoms with E-state index in [1.165, 1.54) is 25.8 Å². The number of nitrogens with zero attached hydrogens (tertiary/aromatic N) is 3. The lowest BCUT2D eigenvalue weighted by molar-refractivity contribution is 0.326. The van der Waals surface area contributed by atoms with Crippen molar-refractivity contribution in [2.45, 2.75) is 31.3 Å². The van der Waals surface area contributed by atoms with E-state index in [1.54, 1.807) is 6.20 Å². The van der Waals surface area contributed by atoms with Crippen molar-refractivity contribution in [2.24, 2.45) is 0 Å². The van der Waals surface area contributed by atoms with Gasteiger partial charge >= 0.3 is 0 Å². The van der Waals surface area contributed by atoms with Gasteiger partial charge in [0.1, 0.15) is 11.8 Å². The smallest absolute Gasteiger partial charge is 0.142 e. The topological polar surface area (TPSA) is 52.0 Å². The number of rotatable bonds is 3. The Morgan fingerprint density at radius 1 is 1.41 bits per heavy atom.